The van der Waals surface area contributed by atoms with E-state index in [0.717, 1.165) is 26.4 Å². The highest BCUT2D eigenvalue weighted by Gasteiger charge is 2.40. The highest BCUT2D eigenvalue weighted by molar-refractivity contribution is 5.92. The maximum atomic E-state index is 12.9. The van der Waals surface area contributed by atoms with Crippen molar-refractivity contribution in [1.29, 1.82) is 5.26 Å². The number of hydrogen-bond donors (Lipinski definition) is 0. The summed E-state index contributed by atoms with van der Waals surface area (Å²) in [5.41, 5.74) is -2.81. The van der Waals surface area contributed by atoms with E-state index in [4.69, 9.17) is 5.26 Å². The van der Waals surface area contributed by atoms with Crippen molar-refractivity contribution in [3.8, 4) is 11.8 Å². The lowest BCUT2D eigenvalue weighted by Crippen LogP contribution is -2.17. The van der Waals surface area contributed by atoms with Gasteiger partial charge in [-0.3, -0.25) is 0 Å². The van der Waals surface area contributed by atoms with Gasteiger partial charge in [0.2, 0.25) is 0 Å². The molecule has 1 aromatic rings. The molecule has 0 unspecified atom stereocenters. The molecule has 0 aromatic heterocycles. The first kappa shape index (κ1) is 13.8. The molecule has 1 rings (SSSR count). The van der Waals surface area contributed by atoms with Crippen LogP contribution in [0.25, 0.3) is 0 Å². The molecule has 0 atom stereocenters. The van der Waals surface area contributed by atoms with Crippen LogP contribution in [-0.2, 0) is 10.9 Å². The van der Waals surface area contributed by atoms with E-state index >= 15 is 0 Å². The summed E-state index contributed by atoms with van der Waals surface area (Å²) in [5.74, 6) is -1.42. The Hall–Kier alpha value is -2.23. The third kappa shape index (κ3) is 2.37. The summed E-state index contributed by atoms with van der Waals surface area (Å²) >= 11 is 0. The third-order valence-corrected chi connectivity index (χ3v) is 2.19. The molecule has 0 aliphatic heterocycles. The van der Waals surface area contributed by atoms with Gasteiger partial charge in [-0.1, -0.05) is 0 Å². The Labute approximate surface area is 101 Å². The van der Waals surface area contributed by atoms with Gasteiger partial charge >= 0.3 is 12.1 Å². The number of rotatable bonds is 2. The molecule has 0 amide bonds. The smallest absolute Gasteiger partial charge is 0.418 e. The van der Waals surface area contributed by atoms with Crippen LogP contribution >= 0.6 is 0 Å². The van der Waals surface area contributed by atoms with E-state index in [1.54, 1.807) is 0 Å². The van der Waals surface area contributed by atoms with Crippen molar-refractivity contribution >= 4 is 5.97 Å². The fraction of sp³-hybridized carbons (Fsp3) is 0.273. The van der Waals surface area contributed by atoms with Crippen LogP contribution in [0.15, 0.2) is 12.1 Å². The summed E-state index contributed by atoms with van der Waals surface area (Å²) in [6, 6.07) is 3.41. The molecule has 18 heavy (non-hydrogen) atoms. The summed E-state index contributed by atoms with van der Waals surface area (Å²) in [6.07, 6.45) is -4.86. The van der Waals surface area contributed by atoms with Gasteiger partial charge in [0.25, 0.3) is 0 Å². The fourth-order valence-electron chi connectivity index (χ4n) is 1.44. The van der Waals surface area contributed by atoms with E-state index in [1.165, 1.54) is 6.07 Å². The lowest BCUT2D eigenvalue weighted by molar-refractivity contribution is -0.138. The minimum atomic E-state index is -4.86. The van der Waals surface area contributed by atoms with Crippen LogP contribution in [0, 0.1) is 11.3 Å². The SMILES string of the molecule is COC(=O)c1ccc(OC)c(C#N)c1C(F)(F)F. The number of halogens is 3. The number of carbonyl (C=O) groups excluding carboxylic acids is 1. The predicted molar refractivity (Wildman–Crippen MR) is 54.1 cm³/mol. The number of benzene rings is 1. The van der Waals surface area contributed by atoms with Gasteiger partial charge in [0.1, 0.15) is 17.4 Å². The molecule has 0 fully saturated rings. The van der Waals surface area contributed by atoms with Gasteiger partial charge in [0, 0.05) is 0 Å². The molecular formula is C11H8F3NO3. The highest BCUT2D eigenvalue weighted by atomic mass is 19.4. The van der Waals surface area contributed by atoms with Crippen LogP contribution in [0.2, 0.25) is 0 Å². The first-order valence-corrected chi connectivity index (χ1v) is 4.63. The zero-order chi connectivity index (χ0) is 13.9. The molecule has 4 nitrogen and oxygen atoms in total. The average Bonchev–Trinajstić information content (AvgIpc) is 2.34. The van der Waals surface area contributed by atoms with Gasteiger partial charge in [0.15, 0.2) is 0 Å². The van der Waals surface area contributed by atoms with Gasteiger partial charge in [-0.05, 0) is 12.1 Å². The first-order valence-electron chi connectivity index (χ1n) is 4.63. The molecule has 0 aliphatic carbocycles. The summed E-state index contributed by atoms with van der Waals surface area (Å²) in [5, 5.41) is 8.79. The summed E-state index contributed by atoms with van der Waals surface area (Å²) in [6.45, 7) is 0. The number of esters is 1. The molecule has 96 valence electrons. The number of ether oxygens (including phenoxy) is 2. The van der Waals surface area contributed by atoms with Crippen molar-refractivity contribution < 1.29 is 27.4 Å². The van der Waals surface area contributed by atoms with Crippen LogP contribution in [0.4, 0.5) is 13.2 Å². The van der Waals surface area contributed by atoms with Crippen molar-refractivity contribution in [3.63, 3.8) is 0 Å². The molecule has 0 saturated heterocycles. The molecule has 0 saturated carbocycles. The number of alkyl halides is 3. The van der Waals surface area contributed by atoms with Gasteiger partial charge in [-0.15, -0.1) is 0 Å². The second kappa shape index (κ2) is 4.96. The van der Waals surface area contributed by atoms with E-state index in [0.29, 0.717) is 0 Å². The molecule has 0 aliphatic rings. The Bertz CT molecular complexity index is 517. The summed E-state index contributed by atoms with van der Waals surface area (Å²) in [7, 11) is 2.09. The standard InChI is InChI=1S/C11H8F3NO3/c1-17-8-4-3-6(10(16)18-2)9(7(8)5-15)11(12,13)14/h3-4H,1-2H3. The van der Waals surface area contributed by atoms with Crippen molar-refractivity contribution in [2.45, 2.75) is 6.18 Å². The summed E-state index contributed by atoms with van der Waals surface area (Å²) < 4.78 is 47.6. The second-order valence-corrected chi connectivity index (χ2v) is 3.17. The molecule has 0 heterocycles. The zero-order valence-electron chi connectivity index (χ0n) is 9.46. The van der Waals surface area contributed by atoms with Crippen molar-refractivity contribution in [3.05, 3.63) is 28.8 Å². The topological polar surface area (TPSA) is 59.3 Å². The average molecular weight is 259 g/mol. The quantitative estimate of drug-likeness (QED) is 0.765. The van der Waals surface area contributed by atoms with Crippen LogP contribution in [0.3, 0.4) is 0 Å². The maximum absolute atomic E-state index is 12.9. The molecule has 1 aromatic carbocycles. The Kier molecular flexibility index (Phi) is 3.81. The third-order valence-electron chi connectivity index (χ3n) is 2.19. The number of nitriles is 1. The van der Waals surface area contributed by atoms with Crippen molar-refractivity contribution in [2.24, 2.45) is 0 Å². The number of carbonyl (C=O) groups is 1. The van der Waals surface area contributed by atoms with Crippen LogP contribution in [-0.4, -0.2) is 20.2 Å². The van der Waals surface area contributed by atoms with Gasteiger partial charge in [0.05, 0.1) is 25.3 Å². The van der Waals surface area contributed by atoms with E-state index in [2.05, 4.69) is 9.47 Å². The highest BCUT2D eigenvalue weighted by Crippen LogP contribution is 2.38. The van der Waals surface area contributed by atoms with E-state index < -0.39 is 28.8 Å². The minimum Gasteiger partial charge on any atom is -0.495 e. The Morgan fingerprint density at radius 3 is 2.33 bits per heavy atom. The normalized spacial score (nSPS) is 10.7. The Morgan fingerprint density at radius 1 is 1.33 bits per heavy atom. The van der Waals surface area contributed by atoms with E-state index in [-0.39, 0.29) is 5.75 Å². The van der Waals surface area contributed by atoms with Gasteiger partial charge in [-0.2, -0.15) is 18.4 Å². The molecule has 0 N–H and O–H groups in total. The van der Waals surface area contributed by atoms with Crippen LogP contribution in [0.5, 0.6) is 5.75 Å². The van der Waals surface area contributed by atoms with Crippen LogP contribution < -0.4 is 4.74 Å². The van der Waals surface area contributed by atoms with E-state index in [9.17, 15) is 18.0 Å². The second-order valence-electron chi connectivity index (χ2n) is 3.17. The fourth-order valence-corrected chi connectivity index (χ4v) is 1.44. The monoisotopic (exact) mass is 259 g/mol. The van der Waals surface area contributed by atoms with Gasteiger partial charge < -0.3 is 9.47 Å². The van der Waals surface area contributed by atoms with Crippen LogP contribution in [0.1, 0.15) is 21.5 Å². The molecule has 0 spiro atoms. The number of nitrogens with zero attached hydrogens (tertiary/aromatic N) is 1. The predicted octanol–water partition coefficient (Wildman–Crippen LogP) is 2.37. The number of hydrogen-bond acceptors (Lipinski definition) is 4. The van der Waals surface area contributed by atoms with Gasteiger partial charge in [-0.25, -0.2) is 4.79 Å². The van der Waals surface area contributed by atoms with Crippen molar-refractivity contribution in [2.75, 3.05) is 14.2 Å². The molecule has 7 heteroatoms. The minimum absolute atomic E-state index is 0.252. The summed E-state index contributed by atoms with van der Waals surface area (Å²) in [4.78, 5) is 11.3. The largest absolute Gasteiger partial charge is 0.495 e. The molecular weight excluding hydrogens is 251 g/mol. The zero-order valence-corrected chi connectivity index (χ0v) is 9.46. The lowest BCUT2D eigenvalue weighted by atomic mass is 10.00. The van der Waals surface area contributed by atoms with Crippen molar-refractivity contribution in [1.82, 2.24) is 0 Å². The maximum Gasteiger partial charge on any atom is 0.418 e. The van der Waals surface area contributed by atoms with E-state index in [1.807, 2.05) is 0 Å². The molecule has 0 radical (unpaired) electrons. The molecule has 0 bridgehead atoms. The Balaban J connectivity index is 3.67. The number of methoxy groups -OCH3 is 2. The Morgan fingerprint density at radius 2 is 1.94 bits per heavy atom. The lowest BCUT2D eigenvalue weighted by Gasteiger charge is -2.15. The first-order chi connectivity index (χ1) is 8.36.